The number of rotatable bonds is 43. The molecule has 0 aliphatic heterocycles. The molecular weight excluding hydrogens is 785 g/mol. The minimum atomic E-state index is 0.603. The number of aryl methyl sites for hydroxylation is 2. The van der Waals surface area contributed by atoms with Crippen molar-refractivity contribution in [3.8, 4) is 0 Å². The van der Waals surface area contributed by atoms with Crippen LogP contribution < -0.4 is 10.6 Å². The highest BCUT2D eigenvalue weighted by atomic mass is 15.2. The molecule has 0 atom stereocenters. The molecule has 2 heteroatoms. The second kappa shape index (κ2) is 38.0. The third-order valence-corrected chi connectivity index (χ3v) is 15.1. The third kappa shape index (κ3) is 21.5. The van der Waals surface area contributed by atoms with Gasteiger partial charge in [0, 0.05) is 23.5 Å². The average molecular weight is 900 g/mol. The summed E-state index contributed by atoms with van der Waals surface area (Å²) in [4.78, 5) is 3.20. The highest BCUT2D eigenvalue weighted by molar-refractivity contribution is 5.68. The first kappa shape index (κ1) is 59.2. The Morgan fingerprint density at radius 1 is 0.323 bits per heavy atom. The molecule has 0 saturated carbocycles. The van der Waals surface area contributed by atoms with E-state index in [4.69, 9.17) is 5.73 Å². The van der Waals surface area contributed by atoms with Gasteiger partial charge in [0.2, 0.25) is 0 Å². The van der Waals surface area contributed by atoms with Gasteiger partial charge in [0.25, 0.3) is 0 Å². The highest BCUT2D eigenvalue weighted by Crippen LogP contribution is 2.42. The Balaban J connectivity index is 3.24. The Morgan fingerprint density at radius 2 is 0.600 bits per heavy atom. The Bertz CT molecular complexity index is 1430. The zero-order valence-electron chi connectivity index (χ0n) is 45.9. The Labute approximate surface area is 408 Å². The summed E-state index contributed by atoms with van der Waals surface area (Å²) in [5.41, 5.74) is 23.8. The van der Waals surface area contributed by atoms with Crippen LogP contribution in [0, 0.1) is 0 Å². The van der Waals surface area contributed by atoms with Crippen LogP contribution in [-0.2, 0) is 44.9 Å². The molecule has 2 rings (SSSR count). The van der Waals surface area contributed by atoms with Crippen LogP contribution in [0.15, 0.2) is 12.1 Å². The van der Waals surface area contributed by atoms with E-state index in [2.05, 4.69) is 86.3 Å². The van der Waals surface area contributed by atoms with E-state index in [1.807, 2.05) is 0 Å². The van der Waals surface area contributed by atoms with E-state index in [1.165, 1.54) is 248 Å². The summed E-state index contributed by atoms with van der Waals surface area (Å²) in [6.45, 7) is 24.0. The predicted octanol–water partition coefficient (Wildman–Crippen LogP) is 20.3. The Morgan fingerprint density at radius 3 is 0.938 bits per heavy atom. The molecule has 0 spiro atoms. The molecule has 0 heterocycles. The first-order valence-electron chi connectivity index (χ1n) is 29.7. The molecule has 2 aromatic rings. The van der Waals surface area contributed by atoms with Gasteiger partial charge in [-0.05, 0) is 154 Å². The van der Waals surface area contributed by atoms with Crippen LogP contribution in [-0.4, -0.2) is 12.1 Å². The largest absolute Gasteiger partial charge is 0.398 e. The summed E-state index contributed by atoms with van der Waals surface area (Å²) in [5, 5.41) is 0. The number of anilines is 2. The SMILES string of the molecule is CCCCCCc1cc(Cc2cc(CCCCCC)c(CCCCCC)c(N(C(CCC)CCC)C(CCC)CCC)c2CCCCCC)c(CCCCCC)c(N)c1CCCCCC. The minimum absolute atomic E-state index is 0.603. The summed E-state index contributed by atoms with van der Waals surface area (Å²) in [6, 6.07) is 6.81. The minimum Gasteiger partial charge on any atom is -0.398 e. The predicted molar refractivity (Wildman–Crippen MR) is 297 cm³/mol. The van der Waals surface area contributed by atoms with Gasteiger partial charge in [-0.15, -0.1) is 0 Å². The number of hydrogen-bond donors (Lipinski definition) is 1. The van der Waals surface area contributed by atoms with Crippen molar-refractivity contribution >= 4 is 11.4 Å². The lowest BCUT2D eigenvalue weighted by molar-refractivity contribution is 0.411. The maximum absolute atomic E-state index is 7.66. The fourth-order valence-corrected chi connectivity index (χ4v) is 11.5. The number of nitrogens with zero attached hydrogens (tertiary/aromatic N) is 1. The zero-order valence-corrected chi connectivity index (χ0v) is 45.9. The van der Waals surface area contributed by atoms with Crippen molar-refractivity contribution in [3.63, 3.8) is 0 Å². The van der Waals surface area contributed by atoms with Gasteiger partial charge in [-0.25, -0.2) is 0 Å². The molecule has 2 aromatic carbocycles. The number of benzene rings is 2. The molecule has 0 saturated heterocycles. The molecule has 0 bridgehead atoms. The number of hydrogen-bond acceptors (Lipinski definition) is 2. The van der Waals surface area contributed by atoms with Gasteiger partial charge in [-0.1, -0.05) is 223 Å². The molecule has 2 N–H and O–H groups in total. The van der Waals surface area contributed by atoms with Crippen LogP contribution in [0.3, 0.4) is 0 Å². The van der Waals surface area contributed by atoms with E-state index in [9.17, 15) is 0 Å². The van der Waals surface area contributed by atoms with Gasteiger partial charge in [0.15, 0.2) is 0 Å². The molecule has 0 amide bonds. The lowest BCUT2D eigenvalue weighted by Crippen LogP contribution is -2.45. The fraction of sp³-hybridized carbons (Fsp3) is 0.810. The van der Waals surface area contributed by atoms with Crippen LogP contribution in [0.4, 0.5) is 11.4 Å². The third-order valence-electron chi connectivity index (χ3n) is 15.1. The van der Waals surface area contributed by atoms with E-state index in [1.54, 1.807) is 39.1 Å². The average Bonchev–Trinajstić information content (AvgIpc) is 3.30. The quantitative estimate of drug-likeness (QED) is 0.0531. The van der Waals surface area contributed by atoms with Gasteiger partial charge in [0.05, 0.1) is 0 Å². The van der Waals surface area contributed by atoms with Crippen LogP contribution in [0.5, 0.6) is 0 Å². The van der Waals surface area contributed by atoms with Crippen LogP contribution in [0.2, 0.25) is 0 Å². The lowest BCUT2D eigenvalue weighted by atomic mass is 9.81. The standard InChI is InChI=1S/C63H114N2/c1-11-21-27-33-43-52-49-54(59(46-36-30-24-14-4)62(64)58(52)45-35-29-23-13-3)51-55-50-53(44-34-28-22-12-2)60(47-37-31-25-15-5)63(61(55)48-38-32-26-16-6)65(56(39-17-7)40-18-8)57(41-19-9)42-20-10/h49-50,56-57H,11-48,51,64H2,1-10H3. The van der Waals surface area contributed by atoms with E-state index < -0.39 is 0 Å². The molecule has 2 nitrogen and oxygen atoms in total. The van der Waals surface area contributed by atoms with Gasteiger partial charge in [0.1, 0.15) is 0 Å². The first-order chi connectivity index (χ1) is 31.8. The van der Waals surface area contributed by atoms with Crippen molar-refractivity contribution in [3.05, 3.63) is 56.6 Å². The summed E-state index contributed by atoms with van der Waals surface area (Å²) >= 11 is 0. The van der Waals surface area contributed by atoms with Crippen LogP contribution in [0.25, 0.3) is 0 Å². The van der Waals surface area contributed by atoms with E-state index in [-0.39, 0.29) is 0 Å². The number of nitrogen functional groups attached to an aromatic ring is 1. The van der Waals surface area contributed by atoms with Gasteiger partial charge in [-0.2, -0.15) is 0 Å². The highest BCUT2D eigenvalue weighted by Gasteiger charge is 2.31. The molecule has 0 aromatic heterocycles. The van der Waals surface area contributed by atoms with Crippen LogP contribution >= 0.6 is 0 Å². The van der Waals surface area contributed by atoms with Crippen molar-refractivity contribution < 1.29 is 0 Å². The van der Waals surface area contributed by atoms with Crippen LogP contribution in [0.1, 0.15) is 319 Å². The van der Waals surface area contributed by atoms with E-state index in [0.717, 1.165) is 19.3 Å². The molecular formula is C63H114N2. The van der Waals surface area contributed by atoms with Crippen molar-refractivity contribution in [1.29, 1.82) is 0 Å². The monoisotopic (exact) mass is 899 g/mol. The van der Waals surface area contributed by atoms with Crippen molar-refractivity contribution in [2.45, 2.75) is 332 Å². The summed E-state index contributed by atoms with van der Waals surface area (Å²) in [5.74, 6) is 0. The fourth-order valence-electron chi connectivity index (χ4n) is 11.5. The molecule has 0 aliphatic carbocycles. The molecule has 65 heavy (non-hydrogen) atoms. The molecule has 0 radical (unpaired) electrons. The second-order valence-electron chi connectivity index (χ2n) is 21.0. The number of nitrogens with two attached hydrogens (primary N) is 1. The number of unbranched alkanes of at least 4 members (excludes halogenated alkanes) is 18. The Hall–Kier alpha value is -1.96. The van der Waals surface area contributed by atoms with Crippen molar-refractivity contribution in [1.82, 2.24) is 0 Å². The van der Waals surface area contributed by atoms with Gasteiger partial charge < -0.3 is 10.6 Å². The summed E-state index contributed by atoms with van der Waals surface area (Å²) in [7, 11) is 0. The smallest absolute Gasteiger partial charge is 0.0441 e. The zero-order chi connectivity index (χ0) is 47.5. The maximum atomic E-state index is 7.66. The van der Waals surface area contributed by atoms with E-state index >= 15 is 0 Å². The van der Waals surface area contributed by atoms with E-state index in [0.29, 0.717) is 12.1 Å². The maximum Gasteiger partial charge on any atom is 0.0441 e. The molecule has 0 aliphatic rings. The summed E-state index contributed by atoms with van der Waals surface area (Å²) < 4.78 is 0. The normalized spacial score (nSPS) is 11.8. The lowest BCUT2D eigenvalue weighted by Gasteiger charge is -2.44. The first-order valence-corrected chi connectivity index (χ1v) is 29.7. The van der Waals surface area contributed by atoms with Crippen molar-refractivity contribution in [2.24, 2.45) is 0 Å². The molecule has 0 unspecified atom stereocenters. The second-order valence-corrected chi connectivity index (χ2v) is 21.0. The Kier molecular flexibility index (Phi) is 34.5. The van der Waals surface area contributed by atoms with Gasteiger partial charge >= 0.3 is 0 Å². The topological polar surface area (TPSA) is 29.3 Å². The summed E-state index contributed by atoms with van der Waals surface area (Å²) in [6.07, 6.45) is 50.0. The van der Waals surface area contributed by atoms with Crippen molar-refractivity contribution in [2.75, 3.05) is 10.6 Å². The molecule has 0 fully saturated rings. The van der Waals surface area contributed by atoms with Gasteiger partial charge in [-0.3, -0.25) is 0 Å². The molecule has 376 valence electrons.